The van der Waals surface area contributed by atoms with Gasteiger partial charge in [0.15, 0.2) is 5.79 Å². The highest BCUT2D eigenvalue weighted by molar-refractivity contribution is 5.09. The topological polar surface area (TPSA) is 38.7 Å². The average Bonchev–Trinajstić information content (AvgIpc) is 2.87. The number of aliphatic hydroxyl groups excluding tert-OH is 1. The first-order valence-electron chi connectivity index (χ1n) is 7.87. The molecule has 3 aliphatic rings. The maximum absolute atomic E-state index is 10.0. The molecule has 19 heavy (non-hydrogen) atoms. The lowest BCUT2D eigenvalue weighted by Gasteiger charge is -2.62. The van der Waals surface area contributed by atoms with E-state index in [1.807, 2.05) is 0 Å². The lowest BCUT2D eigenvalue weighted by atomic mass is 9.46. The molecule has 1 N–H and O–H groups in total. The van der Waals surface area contributed by atoms with Crippen molar-refractivity contribution >= 4 is 0 Å². The highest BCUT2D eigenvalue weighted by Crippen LogP contribution is 2.64. The average molecular weight is 268 g/mol. The smallest absolute Gasteiger partial charge is 0.174 e. The van der Waals surface area contributed by atoms with Crippen LogP contribution in [0.2, 0.25) is 0 Å². The molecule has 1 heterocycles. The maximum atomic E-state index is 10.0. The largest absolute Gasteiger partial charge is 0.396 e. The minimum atomic E-state index is -0.369. The van der Waals surface area contributed by atoms with Crippen molar-refractivity contribution < 1.29 is 14.6 Å². The second-order valence-electron chi connectivity index (χ2n) is 7.42. The molecule has 3 fully saturated rings. The fourth-order valence-corrected chi connectivity index (χ4v) is 5.22. The highest BCUT2D eigenvalue weighted by Gasteiger charge is 2.64. The Balaban J connectivity index is 2.00. The van der Waals surface area contributed by atoms with Gasteiger partial charge in [0.25, 0.3) is 0 Å². The van der Waals surface area contributed by atoms with E-state index in [4.69, 9.17) is 9.47 Å². The van der Waals surface area contributed by atoms with Crippen molar-refractivity contribution in [1.29, 1.82) is 0 Å². The SMILES string of the molecule is C[C@H]1CC[C@@]2(C)[C@@H](CCCC23OCCO3)[C@]1(C)CO. The molecule has 0 amide bonds. The lowest BCUT2D eigenvalue weighted by molar-refractivity contribution is -0.299. The Morgan fingerprint density at radius 2 is 1.79 bits per heavy atom. The van der Waals surface area contributed by atoms with Gasteiger partial charge < -0.3 is 14.6 Å². The zero-order chi connectivity index (χ0) is 13.7. The molecule has 0 aromatic heterocycles. The summed E-state index contributed by atoms with van der Waals surface area (Å²) in [6, 6.07) is 0. The van der Waals surface area contributed by atoms with Gasteiger partial charge in [-0.15, -0.1) is 0 Å². The summed E-state index contributed by atoms with van der Waals surface area (Å²) in [5.41, 5.74) is 0.0709. The van der Waals surface area contributed by atoms with Crippen LogP contribution in [0, 0.1) is 22.7 Å². The fraction of sp³-hybridized carbons (Fsp3) is 1.00. The molecule has 0 aromatic carbocycles. The van der Waals surface area contributed by atoms with Gasteiger partial charge in [0.2, 0.25) is 0 Å². The third-order valence-electron chi connectivity index (χ3n) is 6.75. The van der Waals surface area contributed by atoms with E-state index in [-0.39, 0.29) is 23.2 Å². The van der Waals surface area contributed by atoms with Gasteiger partial charge in [0, 0.05) is 18.4 Å². The fourth-order valence-electron chi connectivity index (χ4n) is 5.22. The minimum absolute atomic E-state index is 0.00965. The molecule has 3 rings (SSSR count). The molecule has 0 bridgehead atoms. The van der Waals surface area contributed by atoms with Gasteiger partial charge in [-0.25, -0.2) is 0 Å². The molecule has 3 heteroatoms. The van der Waals surface area contributed by atoms with Crippen molar-refractivity contribution in [2.75, 3.05) is 19.8 Å². The van der Waals surface area contributed by atoms with E-state index in [1.165, 1.54) is 12.8 Å². The van der Waals surface area contributed by atoms with E-state index >= 15 is 0 Å². The molecular formula is C16H28O3. The normalized spacial score (nSPS) is 49.3. The van der Waals surface area contributed by atoms with Crippen LogP contribution in [0.3, 0.4) is 0 Å². The van der Waals surface area contributed by atoms with E-state index in [1.54, 1.807) is 0 Å². The van der Waals surface area contributed by atoms with Crippen LogP contribution in [-0.4, -0.2) is 30.7 Å². The van der Waals surface area contributed by atoms with Crippen LogP contribution in [0.1, 0.15) is 52.9 Å². The lowest BCUT2D eigenvalue weighted by Crippen LogP contribution is -2.62. The molecule has 2 saturated carbocycles. The Kier molecular flexibility index (Phi) is 3.23. The molecule has 1 aliphatic heterocycles. The molecular weight excluding hydrogens is 240 g/mol. The van der Waals surface area contributed by atoms with Gasteiger partial charge in [-0.3, -0.25) is 0 Å². The van der Waals surface area contributed by atoms with Gasteiger partial charge >= 0.3 is 0 Å². The third kappa shape index (κ3) is 1.68. The second kappa shape index (κ2) is 4.44. The van der Waals surface area contributed by atoms with Crippen molar-refractivity contribution in [1.82, 2.24) is 0 Å². The quantitative estimate of drug-likeness (QED) is 0.794. The van der Waals surface area contributed by atoms with Crippen LogP contribution in [0.25, 0.3) is 0 Å². The van der Waals surface area contributed by atoms with Gasteiger partial charge in [-0.1, -0.05) is 20.8 Å². The van der Waals surface area contributed by atoms with E-state index in [2.05, 4.69) is 20.8 Å². The van der Waals surface area contributed by atoms with Crippen LogP contribution in [0.4, 0.5) is 0 Å². The first-order chi connectivity index (χ1) is 8.98. The summed E-state index contributed by atoms with van der Waals surface area (Å²) < 4.78 is 12.2. The maximum Gasteiger partial charge on any atom is 0.174 e. The summed E-state index contributed by atoms with van der Waals surface area (Å²) in [6.45, 7) is 8.66. The molecule has 110 valence electrons. The number of hydrogen-bond acceptors (Lipinski definition) is 3. The number of rotatable bonds is 1. The summed E-state index contributed by atoms with van der Waals surface area (Å²) in [7, 11) is 0. The van der Waals surface area contributed by atoms with Crippen molar-refractivity contribution in [3.8, 4) is 0 Å². The van der Waals surface area contributed by atoms with Crippen LogP contribution in [-0.2, 0) is 9.47 Å². The summed E-state index contributed by atoms with van der Waals surface area (Å²) in [5.74, 6) is 0.708. The first kappa shape index (κ1) is 13.8. The van der Waals surface area contributed by atoms with Crippen molar-refractivity contribution in [2.45, 2.75) is 58.7 Å². The van der Waals surface area contributed by atoms with Crippen molar-refractivity contribution in [3.63, 3.8) is 0 Å². The molecule has 0 aromatic rings. The number of aliphatic hydroxyl groups is 1. The Morgan fingerprint density at radius 3 is 2.42 bits per heavy atom. The third-order valence-corrected chi connectivity index (χ3v) is 6.75. The van der Waals surface area contributed by atoms with E-state index in [0.29, 0.717) is 11.8 Å². The predicted molar refractivity (Wildman–Crippen MR) is 73.7 cm³/mol. The molecule has 3 nitrogen and oxygen atoms in total. The second-order valence-corrected chi connectivity index (χ2v) is 7.42. The summed E-state index contributed by atoms with van der Waals surface area (Å²) in [4.78, 5) is 0. The molecule has 2 aliphatic carbocycles. The number of fused-ring (bicyclic) bond motifs is 2. The molecule has 4 atom stereocenters. The van der Waals surface area contributed by atoms with Crippen molar-refractivity contribution in [3.05, 3.63) is 0 Å². The van der Waals surface area contributed by atoms with Gasteiger partial charge in [-0.05, 0) is 42.9 Å². The number of hydrogen-bond donors (Lipinski definition) is 1. The van der Waals surface area contributed by atoms with Gasteiger partial charge in [-0.2, -0.15) is 0 Å². The monoisotopic (exact) mass is 268 g/mol. The first-order valence-corrected chi connectivity index (χ1v) is 7.87. The molecule has 0 radical (unpaired) electrons. The van der Waals surface area contributed by atoms with Crippen LogP contribution >= 0.6 is 0 Å². The minimum Gasteiger partial charge on any atom is -0.396 e. The van der Waals surface area contributed by atoms with Crippen LogP contribution in [0.15, 0.2) is 0 Å². The predicted octanol–water partition coefficient (Wildman–Crippen LogP) is 2.96. The Labute approximate surface area is 116 Å². The summed E-state index contributed by atoms with van der Waals surface area (Å²) in [5, 5.41) is 10.0. The van der Waals surface area contributed by atoms with E-state index in [9.17, 15) is 5.11 Å². The molecule has 1 spiro atoms. The molecule has 1 saturated heterocycles. The van der Waals surface area contributed by atoms with E-state index in [0.717, 1.165) is 32.5 Å². The van der Waals surface area contributed by atoms with Crippen LogP contribution in [0.5, 0.6) is 0 Å². The highest BCUT2D eigenvalue weighted by atomic mass is 16.7. The standard InChI is InChI=1S/C16H28O3/c1-12-6-8-15(3)13(14(12,2)11-17)5-4-7-16(15)18-9-10-19-16/h12-13,17H,4-11H2,1-3H3/t12-,13-,14+,15-/m0/s1. The van der Waals surface area contributed by atoms with E-state index < -0.39 is 0 Å². The Bertz CT molecular complexity index is 350. The zero-order valence-electron chi connectivity index (χ0n) is 12.6. The Hall–Kier alpha value is -0.120. The zero-order valence-corrected chi connectivity index (χ0v) is 12.6. The van der Waals surface area contributed by atoms with Crippen LogP contribution < -0.4 is 0 Å². The summed E-state index contributed by atoms with van der Waals surface area (Å²) in [6.07, 6.45) is 5.71. The summed E-state index contributed by atoms with van der Waals surface area (Å²) >= 11 is 0. The number of ether oxygens (including phenoxy) is 2. The molecule has 0 unspecified atom stereocenters. The van der Waals surface area contributed by atoms with Gasteiger partial charge in [0.1, 0.15) is 0 Å². The Morgan fingerprint density at radius 1 is 1.11 bits per heavy atom. The van der Waals surface area contributed by atoms with Gasteiger partial charge in [0.05, 0.1) is 13.2 Å². The van der Waals surface area contributed by atoms with Crippen molar-refractivity contribution in [2.24, 2.45) is 22.7 Å².